The summed E-state index contributed by atoms with van der Waals surface area (Å²) in [6.07, 6.45) is 2.73. The number of sulfone groups is 1. The number of hydrogen-bond donors (Lipinski definition) is 1. The number of anilines is 1. The SMILES string of the molecule is CCCCC(=O)Nc1c(S(=O)(=O)c2ccc(C)cc2)c(C)c(C)n1CCCOC. The third-order valence-electron chi connectivity index (χ3n) is 5.12. The number of unbranched alkanes of at least 4 members (excludes halogenated alkanes) is 1. The van der Waals surface area contributed by atoms with Gasteiger partial charge in [0.25, 0.3) is 0 Å². The molecular weight excluding hydrogens is 388 g/mol. The molecule has 29 heavy (non-hydrogen) atoms. The van der Waals surface area contributed by atoms with E-state index in [0.29, 0.717) is 37.4 Å². The first-order chi connectivity index (χ1) is 13.7. The van der Waals surface area contributed by atoms with Crippen LogP contribution < -0.4 is 5.32 Å². The van der Waals surface area contributed by atoms with Crippen molar-refractivity contribution in [1.82, 2.24) is 4.57 Å². The molecular formula is C22H32N2O4S. The van der Waals surface area contributed by atoms with Crippen LogP contribution in [0.25, 0.3) is 0 Å². The molecule has 0 aliphatic carbocycles. The minimum absolute atomic E-state index is 0.169. The molecule has 0 saturated carbocycles. The molecule has 0 aliphatic heterocycles. The third-order valence-corrected chi connectivity index (χ3v) is 7.05. The highest BCUT2D eigenvalue weighted by molar-refractivity contribution is 7.91. The van der Waals surface area contributed by atoms with Gasteiger partial charge >= 0.3 is 0 Å². The summed E-state index contributed by atoms with van der Waals surface area (Å²) >= 11 is 0. The number of hydrogen-bond acceptors (Lipinski definition) is 4. The molecule has 0 unspecified atom stereocenters. The molecule has 0 saturated heterocycles. The van der Waals surface area contributed by atoms with E-state index < -0.39 is 9.84 Å². The van der Waals surface area contributed by atoms with Crippen LogP contribution in [0.5, 0.6) is 0 Å². The van der Waals surface area contributed by atoms with Crippen molar-refractivity contribution >= 4 is 21.6 Å². The zero-order chi connectivity index (χ0) is 21.6. The highest BCUT2D eigenvalue weighted by Gasteiger charge is 2.30. The molecule has 2 aromatic rings. The Hall–Kier alpha value is -2.12. The van der Waals surface area contributed by atoms with Gasteiger partial charge in [-0.15, -0.1) is 0 Å². The summed E-state index contributed by atoms with van der Waals surface area (Å²) in [5, 5.41) is 2.89. The van der Waals surface area contributed by atoms with Crippen LogP contribution >= 0.6 is 0 Å². The van der Waals surface area contributed by atoms with E-state index in [9.17, 15) is 13.2 Å². The lowest BCUT2D eigenvalue weighted by molar-refractivity contribution is -0.116. The first-order valence-electron chi connectivity index (χ1n) is 10.0. The van der Waals surface area contributed by atoms with E-state index in [0.717, 1.165) is 24.1 Å². The molecule has 1 heterocycles. The Bertz CT molecular complexity index is 944. The van der Waals surface area contributed by atoms with Gasteiger partial charge in [0.2, 0.25) is 15.7 Å². The summed E-state index contributed by atoms with van der Waals surface area (Å²) < 4.78 is 34.0. The number of methoxy groups -OCH3 is 1. The standard InChI is InChI=1S/C22H32N2O4S/c1-6-7-9-20(25)23-22-21(17(3)18(4)24(22)14-8-15-28-5)29(26,27)19-12-10-16(2)11-13-19/h10-13H,6-9,14-15H2,1-5H3,(H,23,25). The number of nitrogens with one attached hydrogen (secondary N) is 1. The molecule has 0 fully saturated rings. The first kappa shape index (κ1) is 23.2. The average Bonchev–Trinajstić information content (AvgIpc) is 2.91. The van der Waals surface area contributed by atoms with Crippen molar-refractivity contribution in [3.63, 3.8) is 0 Å². The van der Waals surface area contributed by atoms with Gasteiger partial charge in [-0.2, -0.15) is 0 Å². The molecule has 1 aromatic heterocycles. The number of carbonyl (C=O) groups excluding carboxylic acids is 1. The highest BCUT2D eigenvalue weighted by Crippen LogP contribution is 2.35. The topological polar surface area (TPSA) is 77.4 Å². The van der Waals surface area contributed by atoms with Gasteiger partial charge in [-0.3, -0.25) is 4.79 Å². The highest BCUT2D eigenvalue weighted by atomic mass is 32.2. The van der Waals surface area contributed by atoms with Gasteiger partial charge in [0.1, 0.15) is 10.7 Å². The van der Waals surface area contributed by atoms with Crippen LogP contribution in [0.3, 0.4) is 0 Å². The summed E-state index contributed by atoms with van der Waals surface area (Å²) in [5.41, 5.74) is 2.48. The molecule has 1 amide bonds. The van der Waals surface area contributed by atoms with Gasteiger partial charge in [-0.05, 0) is 51.3 Å². The van der Waals surface area contributed by atoms with E-state index in [1.54, 1.807) is 38.3 Å². The van der Waals surface area contributed by atoms with Crippen molar-refractivity contribution in [3.05, 3.63) is 41.1 Å². The number of aryl methyl sites for hydroxylation is 1. The van der Waals surface area contributed by atoms with Crippen LogP contribution in [0.15, 0.2) is 34.1 Å². The molecule has 0 spiro atoms. The lowest BCUT2D eigenvalue weighted by Gasteiger charge is -2.14. The summed E-state index contributed by atoms with van der Waals surface area (Å²) in [4.78, 5) is 12.9. The molecule has 0 aliphatic rings. The molecule has 1 aromatic carbocycles. The maximum atomic E-state index is 13.5. The zero-order valence-corrected chi connectivity index (χ0v) is 18.9. The van der Waals surface area contributed by atoms with Crippen molar-refractivity contribution in [3.8, 4) is 0 Å². The van der Waals surface area contributed by atoms with Gasteiger partial charge in [-0.1, -0.05) is 31.0 Å². The first-order valence-corrected chi connectivity index (χ1v) is 11.5. The van der Waals surface area contributed by atoms with Crippen LogP contribution in [-0.2, 0) is 25.9 Å². The number of amides is 1. The second-order valence-corrected chi connectivity index (χ2v) is 9.24. The van der Waals surface area contributed by atoms with Crippen LogP contribution in [-0.4, -0.2) is 32.6 Å². The Morgan fingerprint density at radius 1 is 1.10 bits per heavy atom. The van der Waals surface area contributed by atoms with Crippen LogP contribution in [0.1, 0.15) is 49.4 Å². The molecule has 7 heteroatoms. The van der Waals surface area contributed by atoms with E-state index in [2.05, 4.69) is 5.32 Å². The van der Waals surface area contributed by atoms with Crippen molar-refractivity contribution in [2.24, 2.45) is 0 Å². The molecule has 2 rings (SSSR count). The average molecular weight is 421 g/mol. The fourth-order valence-corrected chi connectivity index (χ4v) is 5.00. The molecule has 0 bridgehead atoms. The molecule has 1 N–H and O–H groups in total. The fourth-order valence-electron chi connectivity index (χ4n) is 3.30. The van der Waals surface area contributed by atoms with E-state index >= 15 is 0 Å². The second-order valence-electron chi connectivity index (χ2n) is 7.35. The quantitative estimate of drug-likeness (QED) is 0.578. The van der Waals surface area contributed by atoms with Crippen molar-refractivity contribution in [2.75, 3.05) is 19.0 Å². The number of rotatable bonds is 10. The number of aromatic nitrogens is 1. The Morgan fingerprint density at radius 3 is 2.34 bits per heavy atom. The monoisotopic (exact) mass is 420 g/mol. The van der Waals surface area contributed by atoms with Gasteiger partial charge < -0.3 is 14.6 Å². The van der Waals surface area contributed by atoms with Gasteiger partial charge in [0.05, 0.1) is 4.90 Å². The minimum atomic E-state index is -3.78. The maximum Gasteiger partial charge on any atom is 0.225 e. The normalized spacial score (nSPS) is 11.6. The number of ether oxygens (including phenoxy) is 1. The predicted molar refractivity (Wildman–Crippen MR) is 115 cm³/mol. The second kappa shape index (κ2) is 10.1. The predicted octanol–water partition coefficient (Wildman–Crippen LogP) is 4.41. The summed E-state index contributed by atoms with van der Waals surface area (Å²) in [5.74, 6) is 0.190. The molecule has 0 radical (unpaired) electrons. The van der Waals surface area contributed by atoms with Crippen LogP contribution in [0.4, 0.5) is 5.82 Å². The Labute approximate surface area is 174 Å². The van der Waals surface area contributed by atoms with Crippen molar-refractivity contribution < 1.29 is 17.9 Å². The minimum Gasteiger partial charge on any atom is -0.385 e. The number of nitrogens with zero attached hydrogens (tertiary/aromatic N) is 1. The molecule has 6 nitrogen and oxygen atoms in total. The summed E-state index contributed by atoms with van der Waals surface area (Å²) in [7, 11) is -2.15. The lowest BCUT2D eigenvalue weighted by Crippen LogP contribution is -2.18. The van der Waals surface area contributed by atoms with Crippen molar-refractivity contribution in [1.29, 1.82) is 0 Å². The van der Waals surface area contributed by atoms with Crippen molar-refractivity contribution in [2.45, 2.75) is 69.7 Å². The number of benzene rings is 1. The van der Waals surface area contributed by atoms with Crippen LogP contribution in [0, 0.1) is 20.8 Å². The Balaban J connectivity index is 2.58. The Kier molecular flexibility index (Phi) is 8.05. The van der Waals surface area contributed by atoms with E-state index in [-0.39, 0.29) is 15.7 Å². The number of carbonyl (C=O) groups is 1. The lowest BCUT2D eigenvalue weighted by atomic mass is 10.2. The molecule has 0 atom stereocenters. The smallest absolute Gasteiger partial charge is 0.225 e. The third kappa shape index (κ3) is 5.28. The summed E-state index contributed by atoms with van der Waals surface area (Å²) in [6.45, 7) is 8.73. The Morgan fingerprint density at radius 2 is 1.76 bits per heavy atom. The maximum absolute atomic E-state index is 13.5. The molecule has 160 valence electrons. The van der Waals surface area contributed by atoms with E-state index in [1.165, 1.54) is 0 Å². The van der Waals surface area contributed by atoms with Gasteiger partial charge in [0.15, 0.2) is 0 Å². The fraction of sp³-hybridized carbons (Fsp3) is 0.500. The van der Waals surface area contributed by atoms with E-state index in [4.69, 9.17) is 4.74 Å². The zero-order valence-electron chi connectivity index (χ0n) is 18.0. The van der Waals surface area contributed by atoms with E-state index in [1.807, 2.05) is 25.3 Å². The summed E-state index contributed by atoms with van der Waals surface area (Å²) in [6, 6.07) is 6.79. The van der Waals surface area contributed by atoms with Gasteiger partial charge in [-0.25, -0.2) is 8.42 Å². The van der Waals surface area contributed by atoms with Crippen LogP contribution in [0.2, 0.25) is 0 Å². The largest absolute Gasteiger partial charge is 0.385 e. The van der Waals surface area contributed by atoms with Gasteiger partial charge in [0, 0.05) is 32.4 Å².